The summed E-state index contributed by atoms with van der Waals surface area (Å²) >= 11 is 1.34. The first-order chi connectivity index (χ1) is 18.8. The van der Waals surface area contributed by atoms with Crippen molar-refractivity contribution in [3.05, 3.63) is 57.7 Å². The second-order valence-corrected chi connectivity index (χ2v) is 14.1. The molecule has 8 nitrogen and oxygen atoms in total. The van der Waals surface area contributed by atoms with E-state index in [4.69, 9.17) is 9.97 Å². The van der Waals surface area contributed by atoms with Gasteiger partial charge < -0.3 is 20.2 Å². The highest BCUT2D eigenvalue weighted by molar-refractivity contribution is 7.19. The molecule has 5 rings (SSSR count). The maximum atomic E-state index is 13.5. The van der Waals surface area contributed by atoms with Gasteiger partial charge in [-0.3, -0.25) is 9.59 Å². The average molecular weight is 564 g/mol. The van der Waals surface area contributed by atoms with E-state index in [-0.39, 0.29) is 23.3 Å². The predicted octanol–water partition coefficient (Wildman–Crippen LogP) is 4.47. The third-order valence-corrected chi connectivity index (χ3v) is 9.19. The highest BCUT2D eigenvalue weighted by atomic mass is 32.1. The number of carbonyl (C=O) groups excluding carboxylic acids is 2. The summed E-state index contributed by atoms with van der Waals surface area (Å²) in [5.41, 5.74) is 4.03. The molecule has 3 aromatic rings. The number of thiazole rings is 1. The smallest absolute Gasteiger partial charge is 0.280 e. The summed E-state index contributed by atoms with van der Waals surface area (Å²) in [4.78, 5) is 40.6. The van der Waals surface area contributed by atoms with Crippen molar-refractivity contribution in [3.63, 3.8) is 0 Å². The largest absolute Gasteiger partial charge is 0.386 e. The van der Waals surface area contributed by atoms with Crippen LogP contribution in [0.15, 0.2) is 30.3 Å². The zero-order chi connectivity index (χ0) is 28.8. The van der Waals surface area contributed by atoms with E-state index in [1.165, 1.54) is 16.9 Å². The lowest BCUT2D eigenvalue weighted by Crippen LogP contribution is -2.61. The van der Waals surface area contributed by atoms with Gasteiger partial charge in [0.2, 0.25) is 0 Å². The number of aryl methyl sites for hydroxylation is 1. The standard InChI is InChI=1S/C31H41N5O3S/c1-30(2,3)22-10-11-23-21(15-22)16-25-27(33-23)40-28(34-25)26(37)32-24(12-13-35(5)6)19-8-7-9-20(14-19)29(38)36-17-31(4,39)18-36/h7-9,14,16,22,24,39H,10-13,15,17-18H2,1-6H3,(H,32,37)/t22-,24+/m0/s1. The van der Waals surface area contributed by atoms with Crippen molar-refractivity contribution in [1.82, 2.24) is 25.1 Å². The fourth-order valence-corrected chi connectivity index (χ4v) is 6.61. The van der Waals surface area contributed by atoms with E-state index >= 15 is 0 Å². The van der Waals surface area contributed by atoms with Crippen molar-refractivity contribution < 1.29 is 14.7 Å². The summed E-state index contributed by atoms with van der Waals surface area (Å²) in [6, 6.07) is 9.29. The van der Waals surface area contributed by atoms with E-state index in [9.17, 15) is 14.7 Å². The van der Waals surface area contributed by atoms with E-state index in [0.29, 0.717) is 36.0 Å². The molecule has 2 N–H and O–H groups in total. The summed E-state index contributed by atoms with van der Waals surface area (Å²) in [5, 5.41) is 13.6. The van der Waals surface area contributed by atoms with E-state index in [0.717, 1.165) is 47.4 Å². The molecular weight excluding hydrogens is 522 g/mol. The van der Waals surface area contributed by atoms with Gasteiger partial charge in [-0.05, 0) is 93.9 Å². The van der Waals surface area contributed by atoms with Gasteiger partial charge in [0.15, 0.2) is 5.01 Å². The van der Waals surface area contributed by atoms with Crippen LogP contribution in [-0.4, -0.2) is 76.0 Å². The topological polar surface area (TPSA) is 98.7 Å². The highest BCUT2D eigenvalue weighted by Gasteiger charge is 2.39. The first-order valence-corrected chi connectivity index (χ1v) is 15.0. The molecule has 2 amide bonds. The number of aromatic nitrogens is 2. The molecule has 0 saturated carbocycles. The van der Waals surface area contributed by atoms with Crippen LogP contribution in [0.2, 0.25) is 0 Å². The minimum absolute atomic E-state index is 0.110. The molecule has 0 unspecified atom stereocenters. The van der Waals surface area contributed by atoms with Crippen molar-refractivity contribution in [1.29, 1.82) is 0 Å². The lowest BCUT2D eigenvalue weighted by Gasteiger charge is -2.44. The van der Waals surface area contributed by atoms with Crippen molar-refractivity contribution in [3.8, 4) is 0 Å². The molecule has 2 atom stereocenters. The average Bonchev–Trinajstić information content (AvgIpc) is 3.29. The Hall–Kier alpha value is -2.88. The number of amides is 2. The van der Waals surface area contributed by atoms with Crippen LogP contribution in [0.25, 0.3) is 10.3 Å². The Morgan fingerprint density at radius 1 is 1.23 bits per heavy atom. The van der Waals surface area contributed by atoms with E-state index in [1.54, 1.807) is 17.9 Å². The summed E-state index contributed by atoms with van der Waals surface area (Å²) in [6.07, 6.45) is 3.77. The molecule has 1 fully saturated rings. The van der Waals surface area contributed by atoms with Crippen LogP contribution < -0.4 is 5.32 Å². The van der Waals surface area contributed by atoms with Gasteiger partial charge in [-0.1, -0.05) is 44.2 Å². The number of carbonyl (C=O) groups is 2. The molecule has 1 saturated heterocycles. The number of benzene rings is 1. The van der Waals surface area contributed by atoms with Gasteiger partial charge in [-0.25, -0.2) is 9.97 Å². The number of aliphatic hydroxyl groups is 1. The number of hydrogen-bond donors (Lipinski definition) is 2. The van der Waals surface area contributed by atoms with Crippen molar-refractivity contribution in [2.45, 2.75) is 65.0 Å². The molecule has 0 radical (unpaired) electrons. The number of rotatable bonds is 7. The molecule has 0 bridgehead atoms. The van der Waals surface area contributed by atoms with Gasteiger partial charge in [0.25, 0.3) is 11.8 Å². The number of likely N-dealkylation sites (tertiary alicyclic amines) is 1. The molecule has 9 heteroatoms. The van der Waals surface area contributed by atoms with E-state index < -0.39 is 5.60 Å². The van der Waals surface area contributed by atoms with Gasteiger partial charge in [-0.2, -0.15) is 0 Å². The number of β-amino-alcohol motifs (C(OH)–C–C–N with tert-alkyl or cyclic N) is 1. The summed E-state index contributed by atoms with van der Waals surface area (Å²) in [6.45, 7) is 10.0. The Balaban J connectivity index is 1.36. The van der Waals surface area contributed by atoms with E-state index in [1.807, 2.05) is 32.3 Å². The van der Waals surface area contributed by atoms with Crippen LogP contribution in [0.1, 0.15) is 83.6 Å². The number of fused-ring (bicyclic) bond motifs is 2. The Morgan fingerprint density at radius 2 is 1.98 bits per heavy atom. The first-order valence-electron chi connectivity index (χ1n) is 14.2. The SMILES string of the molecule is CN(C)CC[C@@H](NC(=O)c1nc2cc3c(nc2s1)CC[C@H](C(C)(C)C)C3)c1cccc(C(=O)N2CC(C)(O)C2)c1. The number of pyridine rings is 1. The zero-order valence-corrected chi connectivity index (χ0v) is 25.3. The molecule has 214 valence electrons. The molecule has 3 heterocycles. The second kappa shape index (κ2) is 10.8. The molecule has 1 aliphatic heterocycles. The van der Waals surface area contributed by atoms with Crippen molar-refractivity contribution in [2.75, 3.05) is 33.7 Å². The number of hydrogen-bond acceptors (Lipinski definition) is 7. The predicted molar refractivity (Wildman–Crippen MR) is 159 cm³/mol. The number of nitrogens with one attached hydrogen (secondary N) is 1. The second-order valence-electron chi connectivity index (χ2n) is 13.1. The Morgan fingerprint density at radius 3 is 2.65 bits per heavy atom. The normalized spacial score (nSPS) is 19.3. The van der Waals surface area contributed by atoms with Gasteiger partial charge in [-0.15, -0.1) is 0 Å². The number of nitrogens with zero attached hydrogens (tertiary/aromatic N) is 4. The third-order valence-electron chi connectivity index (χ3n) is 8.22. The van der Waals surface area contributed by atoms with Gasteiger partial charge in [0, 0.05) is 11.3 Å². The fraction of sp³-hybridized carbons (Fsp3) is 0.548. The van der Waals surface area contributed by atoms with Gasteiger partial charge in [0.1, 0.15) is 10.3 Å². The Bertz CT molecular complexity index is 1420. The van der Waals surface area contributed by atoms with Gasteiger partial charge >= 0.3 is 0 Å². The van der Waals surface area contributed by atoms with Crippen LogP contribution in [0, 0.1) is 11.3 Å². The monoisotopic (exact) mass is 563 g/mol. The Kier molecular flexibility index (Phi) is 7.76. The zero-order valence-electron chi connectivity index (χ0n) is 24.5. The van der Waals surface area contributed by atoms with Crippen LogP contribution in [0.3, 0.4) is 0 Å². The quantitative estimate of drug-likeness (QED) is 0.440. The highest BCUT2D eigenvalue weighted by Crippen LogP contribution is 2.38. The van der Waals surface area contributed by atoms with Crippen LogP contribution >= 0.6 is 11.3 Å². The molecule has 2 aromatic heterocycles. The molecule has 0 spiro atoms. The Labute approximate surface area is 240 Å². The molecular formula is C31H41N5O3S. The van der Waals surface area contributed by atoms with E-state index in [2.05, 4.69) is 37.1 Å². The maximum absolute atomic E-state index is 13.5. The summed E-state index contributed by atoms with van der Waals surface area (Å²) in [7, 11) is 4.00. The summed E-state index contributed by atoms with van der Waals surface area (Å²) in [5.74, 6) is 0.267. The maximum Gasteiger partial charge on any atom is 0.280 e. The van der Waals surface area contributed by atoms with Gasteiger partial charge in [0.05, 0.1) is 24.7 Å². The third kappa shape index (κ3) is 6.21. The minimum atomic E-state index is -0.824. The summed E-state index contributed by atoms with van der Waals surface area (Å²) < 4.78 is 0. The lowest BCUT2D eigenvalue weighted by atomic mass is 9.71. The molecule has 40 heavy (non-hydrogen) atoms. The van der Waals surface area contributed by atoms with Crippen molar-refractivity contribution in [2.24, 2.45) is 11.3 Å². The fourth-order valence-electron chi connectivity index (χ4n) is 5.77. The van der Waals surface area contributed by atoms with Crippen LogP contribution in [0.4, 0.5) is 0 Å². The molecule has 1 aliphatic carbocycles. The molecule has 2 aliphatic rings. The first kappa shape index (κ1) is 28.6. The lowest BCUT2D eigenvalue weighted by molar-refractivity contribution is -0.0668. The van der Waals surface area contributed by atoms with Crippen LogP contribution in [-0.2, 0) is 12.8 Å². The minimum Gasteiger partial charge on any atom is -0.386 e. The van der Waals surface area contributed by atoms with Crippen molar-refractivity contribution >= 4 is 33.5 Å². The molecule has 1 aromatic carbocycles. The van der Waals surface area contributed by atoms with Crippen LogP contribution in [0.5, 0.6) is 0 Å².